The number of hydrogen-bond acceptors (Lipinski definition) is 4. The van der Waals surface area contributed by atoms with E-state index in [-0.39, 0.29) is 0 Å². The van der Waals surface area contributed by atoms with Crippen LogP contribution in [0.25, 0.3) is 10.6 Å². The quantitative estimate of drug-likeness (QED) is 0.816. The van der Waals surface area contributed by atoms with Crippen LogP contribution in [-0.4, -0.2) is 4.98 Å². The molecule has 0 bridgehead atoms. The first-order valence-electron chi connectivity index (χ1n) is 3.64. The van der Waals surface area contributed by atoms with E-state index in [0.717, 1.165) is 20.5 Å². The van der Waals surface area contributed by atoms with E-state index in [4.69, 9.17) is 17.3 Å². The van der Waals surface area contributed by atoms with Gasteiger partial charge in [0.15, 0.2) is 5.13 Å². The van der Waals surface area contributed by atoms with Crippen molar-refractivity contribution in [2.24, 2.45) is 0 Å². The molecule has 2 nitrogen and oxygen atoms in total. The summed E-state index contributed by atoms with van der Waals surface area (Å²) in [6, 6.07) is 1.87. The lowest BCUT2D eigenvalue weighted by molar-refractivity contribution is 1.40. The Morgan fingerprint density at radius 1 is 1.54 bits per heavy atom. The van der Waals surface area contributed by atoms with E-state index in [2.05, 4.69) is 4.98 Å². The fourth-order valence-corrected chi connectivity index (χ4v) is 3.04. The number of nitrogens with zero attached hydrogens (tertiary/aromatic N) is 1. The van der Waals surface area contributed by atoms with Crippen LogP contribution in [0.5, 0.6) is 0 Å². The molecule has 0 unspecified atom stereocenters. The largest absolute Gasteiger partial charge is 0.375 e. The number of thiazole rings is 1. The van der Waals surface area contributed by atoms with Crippen LogP contribution in [0.1, 0.15) is 4.88 Å². The third-order valence-corrected chi connectivity index (χ3v) is 3.79. The predicted molar refractivity (Wildman–Crippen MR) is 59.6 cm³/mol. The standard InChI is InChI=1S/C8H7ClN2S2/c1-4-6(11-8(10)13-4)7-5(9)2-3-12-7/h2-3H,1H3,(H2,10,11). The summed E-state index contributed by atoms with van der Waals surface area (Å²) in [5.74, 6) is 0. The van der Waals surface area contributed by atoms with E-state index in [0.29, 0.717) is 5.13 Å². The first kappa shape index (κ1) is 8.99. The van der Waals surface area contributed by atoms with Crippen molar-refractivity contribution in [3.63, 3.8) is 0 Å². The van der Waals surface area contributed by atoms with Crippen LogP contribution in [0.4, 0.5) is 5.13 Å². The molecular weight excluding hydrogens is 224 g/mol. The molecule has 0 saturated heterocycles. The summed E-state index contributed by atoms with van der Waals surface area (Å²) in [6.45, 7) is 2.00. The molecule has 0 aliphatic heterocycles. The van der Waals surface area contributed by atoms with Gasteiger partial charge in [-0.3, -0.25) is 0 Å². The Morgan fingerprint density at radius 2 is 2.31 bits per heavy atom. The van der Waals surface area contributed by atoms with Gasteiger partial charge in [0, 0.05) is 4.88 Å². The lowest BCUT2D eigenvalue weighted by Crippen LogP contribution is -1.81. The third-order valence-electron chi connectivity index (χ3n) is 1.65. The second kappa shape index (κ2) is 3.29. The molecule has 2 N–H and O–H groups in total. The Bertz CT molecular complexity index is 433. The predicted octanol–water partition coefficient (Wildman–Crippen LogP) is 3.42. The molecular formula is C8H7ClN2S2. The van der Waals surface area contributed by atoms with E-state index in [9.17, 15) is 0 Å². The zero-order chi connectivity index (χ0) is 9.42. The topological polar surface area (TPSA) is 38.9 Å². The van der Waals surface area contributed by atoms with Crippen molar-refractivity contribution < 1.29 is 0 Å². The van der Waals surface area contributed by atoms with Crippen molar-refractivity contribution in [3.8, 4) is 10.6 Å². The SMILES string of the molecule is Cc1sc(N)nc1-c1sccc1Cl. The molecule has 0 aliphatic carbocycles. The number of halogens is 1. The van der Waals surface area contributed by atoms with Crippen LogP contribution >= 0.6 is 34.3 Å². The fourth-order valence-electron chi connectivity index (χ4n) is 1.09. The zero-order valence-corrected chi connectivity index (χ0v) is 9.26. The average molecular weight is 231 g/mol. The smallest absolute Gasteiger partial charge is 0.180 e. The molecule has 13 heavy (non-hydrogen) atoms. The maximum Gasteiger partial charge on any atom is 0.180 e. The van der Waals surface area contributed by atoms with Crippen molar-refractivity contribution >= 4 is 39.4 Å². The zero-order valence-electron chi connectivity index (χ0n) is 6.87. The molecule has 0 aliphatic rings. The number of anilines is 1. The van der Waals surface area contributed by atoms with Gasteiger partial charge in [-0.2, -0.15) is 0 Å². The van der Waals surface area contributed by atoms with Crippen LogP contribution < -0.4 is 5.73 Å². The second-order valence-corrected chi connectivity index (χ2v) is 5.11. The van der Waals surface area contributed by atoms with Crippen LogP contribution in [0, 0.1) is 6.92 Å². The highest BCUT2D eigenvalue weighted by Gasteiger charge is 2.12. The van der Waals surface area contributed by atoms with Crippen LogP contribution in [-0.2, 0) is 0 Å². The van der Waals surface area contributed by atoms with Gasteiger partial charge in [-0.05, 0) is 18.4 Å². The molecule has 2 aromatic heterocycles. The van der Waals surface area contributed by atoms with Gasteiger partial charge in [0.05, 0.1) is 15.6 Å². The monoisotopic (exact) mass is 230 g/mol. The van der Waals surface area contributed by atoms with Gasteiger partial charge >= 0.3 is 0 Å². The first-order valence-corrected chi connectivity index (χ1v) is 5.72. The molecule has 0 spiro atoms. The lowest BCUT2D eigenvalue weighted by atomic mass is 10.3. The molecule has 0 fully saturated rings. The molecule has 0 atom stereocenters. The van der Waals surface area contributed by atoms with Gasteiger partial charge in [0.1, 0.15) is 0 Å². The summed E-state index contributed by atoms with van der Waals surface area (Å²) in [4.78, 5) is 6.36. The van der Waals surface area contributed by atoms with Gasteiger partial charge in [-0.1, -0.05) is 11.6 Å². The Balaban J connectivity index is 2.58. The minimum atomic E-state index is 0.594. The van der Waals surface area contributed by atoms with Gasteiger partial charge in [-0.25, -0.2) is 4.98 Å². The lowest BCUT2D eigenvalue weighted by Gasteiger charge is -1.93. The molecule has 68 valence electrons. The van der Waals surface area contributed by atoms with Gasteiger partial charge < -0.3 is 5.73 Å². The molecule has 2 rings (SSSR count). The second-order valence-electron chi connectivity index (χ2n) is 2.55. The molecule has 0 saturated carbocycles. The van der Waals surface area contributed by atoms with Gasteiger partial charge in [0.25, 0.3) is 0 Å². The van der Waals surface area contributed by atoms with E-state index in [1.165, 1.54) is 11.3 Å². The van der Waals surface area contributed by atoms with Crippen LogP contribution in [0.2, 0.25) is 5.02 Å². The average Bonchev–Trinajstić information content (AvgIpc) is 2.58. The van der Waals surface area contributed by atoms with Crippen molar-refractivity contribution in [2.45, 2.75) is 6.92 Å². The molecule has 2 heterocycles. The Morgan fingerprint density at radius 3 is 2.77 bits per heavy atom. The highest BCUT2D eigenvalue weighted by atomic mass is 35.5. The fraction of sp³-hybridized carbons (Fsp3) is 0.125. The Labute approximate surface area is 89.0 Å². The van der Waals surface area contributed by atoms with Crippen molar-refractivity contribution in [2.75, 3.05) is 5.73 Å². The van der Waals surface area contributed by atoms with Gasteiger partial charge in [0.2, 0.25) is 0 Å². The maximum atomic E-state index is 5.99. The number of hydrogen-bond donors (Lipinski definition) is 1. The highest BCUT2D eigenvalue weighted by Crippen LogP contribution is 2.37. The van der Waals surface area contributed by atoms with E-state index >= 15 is 0 Å². The van der Waals surface area contributed by atoms with Crippen molar-refractivity contribution in [3.05, 3.63) is 21.3 Å². The highest BCUT2D eigenvalue weighted by molar-refractivity contribution is 7.17. The van der Waals surface area contributed by atoms with E-state index < -0.39 is 0 Å². The number of nitrogen functional groups attached to an aromatic ring is 1. The number of nitrogens with two attached hydrogens (primary N) is 1. The van der Waals surface area contributed by atoms with Crippen LogP contribution in [0.15, 0.2) is 11.4 Å². The summed E-state index contributed by atoms with van der Waals surface area (Å²) >= 11 is 9.07. The number of thiophene rings is 1. The Hall–Kier alpha value is -0.580. The normalized spacial score (nSPS) is 10.6. The summed E-state index contributed by atoms with van der Waals surface area (Å²) < 4.78 is 0. The minimum Gasteiger partial charge on any atom is -0.375 e. The Kier molecular flexibility index (Phi) is 2.27. The molecule has 0 radical (unpaired) electrons. The van der Waals surface area contributed by atoms with Crippen molar-refractivity contribution in [1.82, 2.24) is 4.98 Å². The molecule has 0 amide bonds. The molecule has 5 heteroatoms. The van der Waals surface area contributed by atoms with E-state index in [1.54, 1.807) is 11.3 Å². The number of aryl methyl sites for hydroxylation is 1. The summed E-state index contributed by atoms with van der Waals surface area (Å²) in [6.07, 6.45) is 0. The molecule has 2 aromatic rings. The summed E-state index contributed by atoms with van der Waals surface area (Å²) in [5.41, 5.74) is 6.52. The van der Waals surface area contributed by atoms with Crippen molar-refractivity contribution in [1.29, 1.82) is 0 Å². The van der Waals surface area contributed by atoms with Gasteiger partial charge in [-0.15, -0.1) is 22.7 Å². The van der Waals surface area contributed by atoms with Crippen LogP contribution in [0.3, 0.4) is 0 Å². The minimum absolute atomic E-state index is 0.594. The third kappa shape index (κ3) is 1.57. The first-order chi connectivity index (χ1) is 6.18. The maximum absolute atomic E-state index is 5.99. The summed E-state index contributed by atoms with van der Waals surface area (Å²) in [7, 11) is 0. The van der Waals surface area contributed by atoms with E-state index in [1.807, 2.05) is 18.4 Å². The number of rotatable bonds is 1. The molecule has 0 aromatic carbocycles. The number of aromatic nitrogens is 1. The summed E-state index contributed by atoms with van der Waals surface area (Å²) in [5, 5.41) is 3.29.